The minimum Gasteiger partial charge on any atom is -0.352 e. The average Bonchev–Trinajstić information content (AvgIpc) is 3.38. The molecule has 0 aromatic heterocycles. The normalized spacial score (nSPS) is 21.1. The van der Waals surface area contributed by atoms with Gasteiger partial charge in [-0.05, 0) is 73.9 Å². The zero-order valence-electron chi connectivity index (χ0n) is 15.7. The van der Waals surface area contributed by atoms with Crippen LogP contribution >= 0.6 is 11.6 Å². The van der Waals surface area contributed by atoms with Crippen molar-refractivity contribution in [3.05, 3.63) is 70.7 Å². The minimum atomic E-state index is -0.0140. The Kier molecular flexibility index (Phi) is 5.51. The van der Waals surface area contributed by atoms with Crippen molar-refractivity contribution in [2.45, 2.75) is 25.7 Å². The highest BCUT2D eigenvalue weighted by molar-refractivity contribution is 6.30. The van der Waals surface area contributed by atoms with Gasteiger partial charge in [-0.1, -0.05) is 48.0 Å². The van der Waals surface area contributed by atoms with Crippen LogP contribution in [-0.2, 0) is 6.42 Å². The molecule has 1 unspecified atom stereocenters. The summed E-state index contributed by atoms with van der Waals surface area (Å²) < 4.78 is 0. The van der Waals surface area contributed by atoms with E-state index in [4.69, 9.17) is 11.6 Å². The predicted molar refractivity (Wildman–Crippen MR) is 110 cm³/mol. The maximum Gasteiger partial charge on any atom is 0.251 e. The monoisotopic (exact) mass is 382 g/mol. The number of halogens is 1. The minimum absolute atomic E-state index is 0.0140. The van der Waals surface area contributed by atoms with Gasteiger partial charge in [-0.3, -0.25) is 4.79 Å². The summed E-state index contributed by atoms with van der Waals surface area (Å²) in [5, 5.41) is 3.71. The second-order valence-corrected chi connectivity index (χ2v) is 8.50. The lowest BCUT2D eigenvalue weighted by molar-refractivity contribution is 0.0947. The van der Waals surface area contributed by atoms with Gasteiger partial charge in [0.2, 0.25) is 0 Å². The number of nitrogens with zero attached hydrogens (tertiary/aromatic N) is 1. The summed E-state index contributed by atoms with van der Waals surface area (Å²) >= 11 is 5.97. The van der Waals surface area contributed by atoms with E-state index < -0.39 is 0 Å². The maximum atomic E-state index is 12.3. The van der Waals surface area contributed by atoms with Gasteiger partial charge >= 0.3 is 0 Å². The molecule has 2 aromatic carbocycles. The molecule has 1 saturated heterocycles. The van der Waals surface area contributed by atoms with E-state index in [2.05, 4.69) is 40.5 Å². The number of piperidine rings is 1. The summed E-state index contributed by atoms with van der Waals surface area (Å²) in [7, 11) is 0. The molecule has 4 rings (SSSR count). The van der Waals surface area contributed by atoms with Crippen LogP contribution in [0.5, 0.6) is 0 Å². The highest BCUT2D eigenvalue weighted by atomic mass is 35.5. The van der Waals surface area contributed by atoms with E-state index in [1.54, 1.807) is 12.1 Å². The number of hydrogen-bond acceptors (Lipinski definition) is 2. The first-order chi connectivity index (χ1) is 13.1. The van der Waals surface area contributed by atoms with Gasteiger partial charge in [-0.25, -0.2) is 0 Å². The third kappa shape index (κ3) is 4.53. The molecule has 1 aliphatic heterocycles. The standard InChI is InChI=1S/C23H27ClN2O/c24-21-8-4-7-19(15-21)22(27)25-17-20-16-23(20)10-13-26(14-11-23)12-9-18-5-2-1-3-6-18/h1-8,15,20H,9-14,16-17H2,(H,25,27). The molecule has 3 nitrogen and oxygen atoms in total. The second-order valence-electron chi connectivity index (χ2n) is 8.06. The van der Waals surface area contributed by atoms with Crippen LogP contribution in [0.25, 0.3) is 0 Å². The molecule has 142 valence electrons. The van der Waals surface area contributed by atoms with Crippen molar-refractivity contribution in [3.63, 3.8) is 0 Å². The lowest BCUT2D eigenvalue weighted by Gasteiger charge is -2.33. The Balaban J connectivity index is 1.19. The number of likely N-dealkylation sites (tertiary alicyclic amines) is 1. The van der Waals surface area contributed by atoms with Gasteiger partial charge in [0.25, 0.3) is 5.91 Å². The first-order valence-electron chi connectivity index (χ1n) is 9.95. The van der Waals surface area contributed by atoms with Crippen LogP contribution in [0.3, 0.4) is 0 Å². The number of amides is 1. The predicted octanol–water partition coefficient (Wildman–Crippen LogP) is 4.41. The maximum absolute atomic E-state index is 12.3. The molecule has 1 heterocycles. The van der Waals surface area contributed by atoms with Crippen LogP contribution in [0, 0.1) is 11.3 Å². The highest BCUT2D eigenvalue weighted by Gasteiger charge is 2.54. The number of carbonyl (C=O) groups is 1. The number of nitrogens with one attached hydrogen (secondary N) is 1. The van der Waals surface area contributed by atoms with E-state index in [-0.39, 0.29) is 5.91 Å². The fourth-order valence-electron chi connectivity index (χ4n) is 4.43. The van der Waals surface area contributed by atoms with Gasteiger partial charge in [-0.2, -0.15) is 0 Å². The molecule has 4 heteroatoms. The van der Waals surface area contributed by atoms with Crippen molar-refractivity contribution < 1.29 is 4.79 Å². The second kappa shape index (κ2) is 8.04. The van der Waals surface area contributed by atoms with Gasteiger partial charge in [0.05, 0.1) is 0 Å². The van der Waals surface area contributed by atoms with Crippen LogP contribution in [0.15, 0.2) is 54.6 Å². The van der Waals surface area contributed by atoms with Crippen molar-refractivity contribution in [1.29, 1.82) is 0 Å². The molecule has 1 atom stereocenters. The average molecular weight is 383 g/mol. The van der Waals surface area contributed by atoms with Crippen LogP contribution in [0.1, 0.15) is 35.2 Å². The van der Waals surface area contributed by atoms with E-state index in [0.29, 0.717) is 21.9 Å². The quantitative estimate of drug-likeness (QED) is 0.802. The summed E-state index contributed by atoms with van der Waals surface area (Å²) in [4.78, 5) is 14.9. The molecule has 1 spiro atoms. The molecule has 0 bridgehead atoms. The van der Waals surface area contributed by atoms with Gasteiger partial charge in [0.15, 0.2) is 0 Å². The lowest BCUT2D eigenvalue weighted by atomic mass is 9.90. The Morgan fingerprint density at radius 3 is 2.63 bits per heavy atom. The van der Waals surface area contributed by atoms with Gasteiger partial charge in [0.1, 0.15) is 0 Å². The van der Waals surface area contributed by atoms with Crippen LogP contribution < -0.4 is 5.32 Å². The summed E-state index contributed by atoms with van der Waals surface area (Å²) in [6, 6.07) is 17.9. The topological polar surface area (TPSA) is 32.3 Å². The Bertz CT molecular complexity index is 784. The molecule has 1 saturated carbocycles. The first kappa shape index (κ1) is 18.5. The van der Waals surface area contributed by atoms with E-state index in [1.807, 2.05) is 12.1 Å². The molecule has 0 radical (unpaired) electrons. The van der Waals surface area contributed by atoms with Crippen LogP contribution in [0.2, 0.25) is 5.02 Å². The van der Waals surface area contributed by atoms with Gasteiger partial charge in [0, 0.05) is 23.7 Å². The molecule has 2 aromatic rings. The van der Waals surface area contributed by atoms with Crippen molar-refractivity contribution in [1.82, 2.24) is 10.2 Å². The fourth-order valence-corrected chi connectivity index (χ4v) is 4.62. The first-order valence-corrected chi connectivity index (χ1v) is 10.3. The number of benzene rings is 2. The Labute approximate surface area is 166 Å². The number of hydrogen-bond donors (Lipinski definition) is 1. The number of carbonyl (C=O) groups excluding carboxylic acids is 1. The largest absolute Gasteiger partial charge is 0.352 e. The summed E-state index contributed by atoms with van der Waals surface area (Å²) in [5.74, 6) is 0.622. The smallest absolute Gasteiger partial charge is 0.251 e. The molecular weight excluding hydrogens is 356 g/mol. The van der Waals surface area contributed by atoms with Crippen molar-refractivity contribution >= 4 is 17.5 Å². The van der Waals surface area contributed by atoms with Gasteiger partial charge < -0.3 is 10.2 Å². The molecular formula is C23H27ClN2O. The Morgan fingerprint density at radius 1 is 1.11 bits per heavy atom. The van der Waals surface area contributed by atoms with Gasteiger partial charge in [-0.15, -0.1) is 0 Å². The molecule has 1 amide bonds. The highest BCUT2D eigenvalue weighted by Crippen LogP contribution is 2.59. The molecule has 1 aliphatic carbocycles. The van der Waals surface area contributed by atoms with E-state index in [9.17, 15) is 4.79 Å². The third-order valence-corrected chi connectivity index (χ3v) is 6.60. The zero-order valence-corrected chi connectivity index (χ0v) is 16.4. The molecule has 27 heavy (non-hydrogen) atoms. The van der Waals surface area contributed by atoms with Crippen LogP contribution in [0.4, 0.5) is 0 Å². The van der Waals surface area contributed by atoms with Crippen molar-refractivity contribution in [2.75, 3.05) is 26.2 Å². The zero-order chi connectivity index (χ0) is 18.7. The third-order valence-electron chi connectivity index (χ3n) is 6.37. The summed E-state index contributed by atoms with van der Waals surface area (Å²) in [5.41, 5.74) is 2.55. The van der Waals surface area contributed by atoms with E-state index >= 15 is 0 Å². The molecule has 1 N–H and O–H groups in total. The molecule has 2 aliphatic rings. The van der Waals surface area contributed by atoms with Crippen LogP contribution in [-0.4, -0.2) is 37.0 Å². The van der Waals surface area contributed by atoms with Crippen molar-refractivity contribution in [3.8, 4) is 0 Å². The molecule has 2 fully saturated rings. The van der Waals surface area contributed by atoms with E-state index in [0.717, 1.165) is 19.5 Å². The lowest BCUT2D eigenvalue weighted by Crippen LogP contribution is -2.37. The SMILES string of the molecule is O=C(NCC1CC12CCN(CCc1ccccc1)CC2)c1cccc(Cl)c1. The summed E-state index contributed by atoms with van der Waals surface area (Å²) in [6.07, 6.45) is 4.92. The summed E-state index contributed by atoms with van der Waals surface area (Å²) in [6.45, 7) is 4.31. The van der Waals surface area contributed by atoms with Crippen molar-refractivity contribution in [2.24, 2.45) is 11.3 Å². The Hall–Kier alpha value is -1.84. The van der Waals surface area contributed by atoms with E-state index in [1.165, 1.54) is 37.9 Å². The fraction of sp³-hybridized carbons (Fsp3) is 0.435. The number of rotatable bonds is 6. The Morgan fingerprint density at radius 2 is 1.89 bits per heavy atom.